The van der Waals surface area contributed by atoms with Gasteiger partial charge in [-0.1, -0.05) is 30.3 Å². The number of ether oxygens (including phenoxy) is 1. The van der Waals surface area contributed by atoms with Crippen LogP contribution in [0.5, 0.6) is 5.75 Å². The van der Waals surface area contributed by atoms with E-state index in [-0.39, 0.29) is 11.9 Å². The summed E-state index contributed by atoms with van der Waals surface area (Å²) in [6.07, 6.45) is 0. The van der Waals surface area contributed by atoms with Gasteiger partial charge in [0.05, 0.1) is 6.61 Å². The molecule has 0 aliphatic rings. The van der Waals surface area contributed by atoms with Crippen LogP contribution in [-0.2, 0) is 0 Å². The fourth-order valence-electron chi connectivity index (χ4n) is 2.12. The lowest BCUT2D eigenvalue weighted by atomic mass is 10.1. The first-order chi connectivity index (χ1) is 10.3. The molecular weight excluding hydrogens is 285 g/mol. The van der Waals surface area contributed by atoms with Crippen molar-refractivity contribution in [3.8, 4) is 5.75 Å². The van der Waals surface area contributed by atoms with Crippen molar-refractivity contribution in [3.63, 3.8) is 0 Å². The Morgan fingerprint density at radius 3 is 2.57 bits per heavy atom. The van der Waals surface area contributed by atoms with Crippen LogP contribution in [0, 0.1) is 5.82 Å². The summed E-state index contributed by atoms with van der Waals surface area (Å²) in [6.45, 7) is 2.60. The summed E-state index contributed by atoms with van der Waals surface area (Å²) in [7, 11) is 1.91. The average Bonchev–Trinajstić information content (AvgIpc) is 2.51. The van der Waals surface area contributed by atoms with Gasteiger partial charge < -0.3 is 10.1 Å². The lowest BCUT2D eigenvalue weighted by molar-refractivity contribution is 0.333. The van der Waals surface area contributed by atoms with Crippen LogP contribution in [0.3, 0.4) is 0 Å². The van der Waals surface area contributed by atoms with Crippen LogP contribution >= 0.6 is 11.8 Å². The van der Waals surface area contributed by atoms with E-state index >= 15 is 0 Å². The fraction of sp³-hybridized carbons (Fsp3) is 0.294. The van der Waals surface area contributed by atoms with E-state index in [9.17, 15) is 4.39 Å². The summed E-state index contributed by atoms with van der Waals surface area (Å²) in [4.78, 5) is 0.673. The first kappa shape index (κ1) is 15.9. The van der Waals surface area contributed by atoms with Crippen molar-refractivity contribution in [2.75, 3.05) is 19.4 Å². The number of rotatable bonds is 7. The highest BCUT2D eigenvalue weighted by atomic mass is 32.2. The van der Waals surface area contributed by atoms with Gasteiger partial charge in [0.25, 0.3) is 0 Å². The summed E-state index contributed by atoms with van der Waals surface area (Å²) in [5.41, 5.74) is 1.10. The highest BCUT2D eigenvalue weighted by molar-refractivity contribution is 7.99. The molecule has 2 aromatic rings. The fourth-order valence-corrected chi connectivity index (χ4v) is 3.19. The summed E-state index contributed by atoms with van der Waals surface area (Å²) in [6, 6.07) is 14.9. The molecule has 1 N–H and O–H groups in total. The van der Waals surface area contributed by atoms with Crippen LogP contribution in [-0.4, -0.2) is 19.4 Å². The first-order valence-electron chi connectivity index (χ1n) is 7.02. The topological polar surface area (TPSA) is 21.3 Å². The quantitative estimate of drug-likeness (QED) is 0.772. The predicted octanol–water partition coefficient (Wildman–Crippen LogP) is 4.28. The molecule has 1 unspecified atom stereocenters. The van der Waals surface area contributed by atoms with E-state index in [1.165, 1.54) is 17.8 Å². The van der Waals surface area contributed by atoms with Crippen molar-refractivity contribution in [1.82, 2.24) is 5.32 Å². The van der Waals surface area contributed by atoms with E-state index < -0.39 is 0 Å². The SMILES string of the molecule is CCOc1ccccc1C(CSc1ccccc1F)NC. The molecule has 21 heavy (non-hydrogen) atoms. The summed E-state index contributed by atoms with van der Waals surface area (Å²) >= 11 is 1.51. The molecule has 4 heteroatoms. The van der Waals surface area contributed by atoms with Crippen molar-refractivity contribution in [1.29, 1.82) is 0 Å². The van der Waals surface area contributed by atoms with Gasteiger partial charge in [-0.15, -0.1) is 11.8 Å². The standard InChI is InChI=1S/C17H20FNOS/c1-3-20-16-10-6-4-8-13(16)15(19-2)12-21-17-11-7-5-9-14(17)18/h4-11,15,19H,3,12H2,1-2H3. The van der Waals surface area contributed by atoms with E-state index in [0.29, 0.717) is 11.5 Å². The Hall–Kier alpha value is -1.52. The monoisotopic (exact) mass is 305 g/mol. The normalized spacial score (nSPS) is 12.1. The maximum absolute atomic E-state index is 13.7. The van der Waals surface area contributed by atoms with Crippen molar-refractivity contribution in [3.05, 3.63) is 59.9 Å². The van der Waals surface area contributed by atoms with E-state index in [4.69, 9.17) is 4.74 Å². The minimum absolute atomic E-state index is 0.109. The number of para-hydroxylation sites is 1. The zero-order valence-corrected chi connectivity index (χ0v) is 13.1. The third-order valence-electron chi connectivity index (χ3n) is 3.18. The summed E-state index contributed by atoms with van der Waals surface area (Å²) < 4.78 is 19.4. The van der Waals surface area contributed by atoms with E-state index in [1.807, 2.05) is 44.3 Å². The second-order valence-corrected chi connectivity index (χ2v) is 5.62. The molecule has 1 atom stereocenters. The van der Waals surface area contributed by atoms with Gasteiger partial charge >= 0.3 is 0 Å². The van der Waals surface area contributed by atoms with E-state index in [1.54, 1.807) is 12.1 Å². The van der Waals surface area contributed by atoms with Crippen LogP contribution in [0.25, 0.3) is 0 Å². The van der Waals surface area contributed by atoms with Crippen molar-refractivity contribution in [2.24, 2.45) is 0 Å². The number of hydrogen-bond acceptors (Lipinski definition) is 3. The highest BCUT2D eigenvalue weighted by Crippen LogP contribution is 2.30. The molecule has 0 aliphatic carbocycles. The second-order valence-electron chi connectivity index (χ2n) is 4.55. The van der Waals surface area contributed by atoms with Crippen LogP contribution in [0.1, 0.15) is 18.5 Å². The molecule has 0 radical (unpaired) electrons. The minimum Gasteiger partial charge on any atom is -0.494 e. The molecule has 0 aromatic heterocycles. The molecule has 0 bridgehead atoms. The first-order valence-corrected chi connectivity index (χ1v) is 8.01. The number of halogens is 1. The van der Waals surface area contributed by atoms with E-state index in [2.05, 4.69) is 5.32 Å². The largest absolute Gasteiger partial charge is 0.494 e. The average molecular weight is 305 g/mol. The van der Waals surface area contributed by atoms with Gasteiger partial charge in [0.1, 0.15) is 11.6 Å². The number of thioether (sulfide) groups is 1. The molecule has 0 heterocycles. The molecule has 0 amide bonds. The lowest BCUT2D eigenvalue weighted by Crippen LogP contribution is -2.19. The van der Waals surface area contributed by atoms with Gasteiger partial charge in [-0.25, -0.2) is 4.39 Å². The van der Waals surface area contributed by atoms with Gasteiger partial charge in [-0.2, -0.15) is 0 Å². The van der Waals surface area contributed by atoms with Crippen LogP contribution < -0.4 is 10.1 Å². The van der Waals surface area contributed by atoms with E-state index in [0.717, 1.165) is 17.1 Å². The molecule has 2 rings (SSSR count). The van der Waals surface area contributed by atoms with Gasteiger partial charge in [-0.05, 0) is 32.2 Å². The smallest absolute Gasteiger partial charge is 0.136 e. The molecule has 2 nitrogen and oxygen atoms in total. The maximum atomic E-state index is 13.7. The molecule has 112 valence electrons. The molecule has 2 aromatic carbocycles. The zero-order valence-electron chi connectivity index (χ0n) is 12.3. The van der Waals surface area contributed by atoms with Crippen molar-refractivity contribution >= 4 is 11.8 Å². The van der Waals surface area contributed by atoms with Crippen molar-refractivity contribution < 1.29 is 9.13 Å². The molecule has 0 saturated carbocycles. The van der Waals surface area contributed by atoms with Gasteiger partial charge in [-0.3, -0.25) is 0 Å². The minimum atomic E-state index is -0.171. The van der Waals surface area contributed by atoms with Crippen LogP contribution in [0.2, 0.25) is 0 Å². The molecular formula is C17H20FNOS. The van der Waals surface area contributed by atoms with Gasteiger partial charge in [0, 0.05) is 22.3 Å². The Kier molecular flexibility index (Phi) is 6.08. The number of hydrogen-bond donors (Lipinski definition) is 1. The molecule has 0 spiro atoms. The van der Waals surface area contributed by atoms with Crippen molar-refractivity contribution in [2.45, 2.75) is 17.9 Å². The number of nitrogens with one attached hydrogen (secondary N) is 1. The Bertz CT molecular complexity index is 576. The van der Waals surface area contributed by atoms with Crippen LogP contribution in [0.4, 0.5) is 4.39 Å². The second kappa shape index (κ2) is 8.05. The highest BCUT2D eigenvalue weighted by Gasteiger charge is 2.15. The third kappa shape index (κ3) is 4.22. The Morgan fingerprint density at radius 1 is 1.14 bits per heavy atom. The van der Waals surface area contributed by atoms with Gasteiger partial charge in [0.15, 0.2) is 0 Å². The summed E-state index contributed by atoms with van der Waals surface area (Å²) in [5.74, 6) is 1.45. The number of benzene rings is 2. The molecule has 0 saturated heterocycles. The summed E-state index contributed by atoms with van der Waals surface area (Å²) in [5, 5.41) is 3.28. The Balaban J connectivity index is 2.12. The molecule has 0 fully saturated rings. The zero-order chi connectivity index (χ0) is 15.1. The third-order valence-corrected chi connectivity index (χ3v) is 4.33. The predicted molar refractivity (Wildman–Crippen MR) is 86.5 cm³/mol. The lowest BCUT2D eigenvalue weighted by Gasteiger charge is -2.19. The maximum Gasteiger partial charge on any atom is 0.136 e. The molecule has 0 aliphatic heterocycles. The van der Waals surface area contributed by atoms with Gasteiger partial charge in [0.2, 0.25) is 0 Å². The van der Waals surface area contributed by atoms with Crippen LogP contribution in [0.15, 0.2) is 53.4 Å². The Labute approximate surface area is 129 Å². The Morgan fingerprint density at radius 2 is 1.86 bits per heavy atom.